The van der Waals surface area contributed by atoms with Gasteiger partial charge in [-0.25, -0.2) is 0 Å². The highest BCUT2D eigenvalue weighted by molar-refractivity contribution is 4.95. The number of rotatable bonds is 3. The Morgan fingerprint density at radius 2 is 2.33 bits per heavy atom. The summed E-state index contributed by atoms with van der Waals surface area (Å²) in [6.45, 7) is 6.63. The molecule has 0 aliphatic rings. The Morgan fingerprint density at radius 3 is 2.83 bits per heavy atom. The van der Waals surface area contributed by atoms with Gasteiger partial charge in [0.15, 0.2) is 0 Å². The smallest absolute Gasteiger partial charge is 0.0813 e. The summed E-state index contributed by atoms with van der Waals surface area (Å²) in [6.07, 6.45) is 1.72. The summed E-state index contributed by atoms with van der Waals surface area (Å²) >= 11 is 0. The molecule has 0 saturated heterocycles. The Kier molecular flexibility index (Phi) is 2.83. The molecule has 1 heterocycles. The molecule has 0 unspecified atom stereocenters. The number of hydroxylamine groups is 1. The molecule has 0 saturated carbocycles. The SMILES string of the molecule is CC(C)(C)ONCc1ccn[nH]1. The Balaban J connectivity index is 2.20. The molecule has 0 fully saturated rings. The molecule has 68 valence electrons. The molecule has 1 rings (SSSR count). The second-order valence-corrected chi connectivity index (χ2v) is 3.62. The largest absolute Gasteiger partial charge is 0.296 e. The number of hydrogen-bond donors (Lipinski definition) is 2. The molecule has 1 aromatic rings. The van der Waals surface area contributed by atoms with E-state index in [2.05, 4.69) is 15.7 Å². The highest BCUT2D eigenvalue weighted by Crippen LogP contribution is 2.03. The summed E-state index contributed by atoms with van der Waals surface area (Å²) in [6, 6.07) is 1.90. The Hall–Kier alpha value is -0.870. The monoisotopic (exact) mass is 169 g/mol. The van der Waals surface area contributed by atoms with Crippen molar-refractivity contribution in [1.29, 1.82) is 0 Å². The summed E-state index contributed by atoms with van der Waals surface area (Å²) in [5.74, 6) is 0. The van der Waals surface area contributed by atoms with Gasteiger partial charge in [-0.15, -0.1) is 0 Å². The first-order chi connectivity index (χ1) is 5.58. The van der Waals surface area contributed by atoms with Gasteiger partial charge in [-0.3, -0.25) is 9.94 Å². The van der Waals surface area contributed by atoms with Gasteiger partial charge >= 0.3 is 0 Å². The summed E-state index contributed by atoms with van der Waals surface area (Å²) < 4.78 is 0. The van der Waals surface area contributed by atoms with Crippen molar-refractivity contribution in [2.24, 2.45) is 0 Å². The van der Waals surface area contributed by atoms with Gasteiger partial charge in [-0.1, -0.05) is 0 Å². The van der Waals surface area contributed by atoms with E-state index in [0.717, 1.165) is 5.69 Å². The van der Waals surface area contributed by atoms with Crippen LogP contribution in [-0.2, 0) is 11.4 Å². The van der Waals surface area contributed by atoms with Crippen LogP contribution in [0.1, 0.15) is 26.5 Å². The van der Waals surface area contributed by atoms with E-state index in [0.29, 0.717) is 6.54 Å². The summed E-state index contributed by atoms with van der Waals surface area (Å²) in [7, 11) is 0. The number of aromatic nitrogens is 2. The molecule has 4 heteroatoms. The van der Waals surface area contributed by atoms with E-state index in [1.807, 2.05) is 26.8 Å². The number of nitrogens with one attached hydrogen (secondary N) is 2. The highest BCUT2D eigenvalue weighted by Gasteiger charge is 2.09. The van der Waals surface area contributed by atoms with Crippen LogP contribution in [-0.4, -0.2) is 15.8 Å². The van der Waals surface area contributed by atoms with Crippen molar-refractivity contribution in [3.63, 3.8) is 0 Å². The second kappa shape index (κ2) is 3.69. The average Bonchev–Trinajstić information content (AvgIpc) is 2.36. The lowest BCUT2D eigenvalue weighted by atomic mass is 10.2. The van der Waals surface area contributed by atoms with Crippen LogP contribution in [0.5, 0.6) is 0 Å². The number of hydrogen-bond acceptors (Lipinski definition) is 3. The predicted molar refractivity (Wildman–Crippen MR) is 46.3 cm³/mol. The summed E-state index contributed by atoms with van der Waals surface area (Å²) in [5.41, 5.74) is 3.72. The molecule has 0 spiro atoms. The van der Waals surface area contributed by atoms with Crippen molar-refractivity contribution in [1.82, 2.24) is 15.7 Å². The zero-order valence-corrected chi connectivity index (χ0v) is 7.72. The first-order valence-electron chi connectivity index (χ1n) is 3.97. The van der Waals surface area contributed by atoms with Crippen LogP contribution < -0.4 is 5.48 Å². The van der Waals surface area contributed by atoms with Crippen LogP contribution >= 0.6 is 0 Å². The molecule has 1 aromatic heterocycles. The lowest BCUT2D eigenvalue weighted by molar-refractivity contribution is -0.0761. The maximum atomic E-state index is 5.30. The Labute approximate surface area is 72.3 Å². The molecular weight excluding hydrogens is 154 g/mol. The lowest BCUT2D eigenvalue weighted by Gasteiger charge is -2.18. The fourth-order valence-electron chi connectivity index (χ4n) is 0.713. The van der Waals surface area contributed by atoms with Gasteiger partial charge in [0.25, 0.3) is 0 Å². The van der Waals surface area contributed by atoms with E-state index in [1.165, 1.54) is 0 Å². The predicted octanol–water partition coefficient (Wildman–Crippen LogP) is 1.23. The highest BCUT2D eigenvalue weighted by atomic mass is 16.7. The molecule has 12 heavy (non-hydrogen) atoms. The normalized spacial score (nSPS) is 11.9. The molecule has 0 amide bonds. The van der Waals surface area contributed by atoms with Crippen molar-refractivity contribution in [3.8, 4) is 0 Å². The van der Waals surface area contributed by atoms with Gasteiger partial charge in [-0.05, 0) is 26.8 Å². The van der Waals surface area contributed by atoms with Crippen LogP contribution in [0.25, 0.3) is 0 Å². The fourth-order valence-corrected chi connectivity index (χ4v) is 0.713. The fraction of sp³-hybridized carbons (Fsp3) is 0.625. The van der Waals surface area contributed by atoms with Gasteiger partial charge in [0.1, 0.15) is 0 Å². The summed E-state index contributed by atoms with van der Waals surface area (Å²) in [5, 5.41) is 6.65. The summed E-state index contributed by atoms with van der Waals surface area (Å²) in [4.78, 5) is 5.30. The molecule has 0 bridgehead atoms. The molecule has 0 aromatic carbocycles. The van der Waals surface area contributed by atoms with Crippen molar-refractivity contribution < 1.29 is 4.84 Å². The third-order valence-electron chi connectivity index (χ3n) is 1.20. The van der Waals surface area contributed by atoms with Crippen molar-refractivity contribution in [2.75, 3.05) is 0 Å². The van der Waals surface area contributed by atoms with Crippen LogP contribution in [0.3, 0.4) is 0 Å². The molecule has 0 aliphatic carbocycles. The maximum absolute atomic E-state index is 5.30. The third-order valence-corrected chi connectivity index (χ3v) is 1.20. The second-order valence-electron chi connectivity index (χ2n) is 3.62. The van der Waals surface area contributed by atoms with Crippen LogP contribution in [0, 0.1) is 0 Å². The van der Waals surface area contributed by atoms with E-state index in [9.17, 15) is 0 Å². The zero-order chi connectivity index (χ0) is 9.03. The van der Waals surface area contributed by atoms with Crippen molar-refractivity contribution in [2.45, 2.75) is 32.9 Å². The zero-order valence-electron chi connectivity index (χ0n) is 7.72. The number of H-pyrrole nitrogens is 1. The van der Waals surface area contributed by atoms with Crippen LogP contribution in [0.15, 0.2) is 12.3 Å². The van der Waals surface area contributed by atoms with E-state index in [4.69, 9.17) is 4.84 Å². The minimum Gasteiger partial charge on any atom is -0.296 e. The van der Waals surface area contributed by atoms with Gasteiger partial charge in [0.2, 0.25) is 0 Å². The van der Waals surface area contributed by atoms with Crippen LogP contribution in [0.4, 0.5) is 0 Å². The van der Waals surface area contributed by atoms with Gasteiger partial charge in [0.05, 0.1) is 17.8 Å². The molecule has 0 atom stereocenters. The van der Waals surface area contributed by atoms with E-state index < -0.39 is 0 Å². The van der Waals surface area contributed by atoms with Crippen LogP contribution in [0.2, 0.25) is 0 Å². The first-order valence-corrected chi connectivity index (χ1v) is 3.97. The lowest BCUT2D eigenvalue weighted by Crippen LogP contribution is -2.28. The Morgan fingerprint density at radius 1 is 1.58 bits per heavy atom. The minimum absolute atomic E-state index is 0.153. The maximum Gasteiger partial charge on any atom is 0.0813 e. The van der Waals surface area contributed by atoms with Crippen molar-refractivity contribution >= 4 is 0 Å². The topological polar surface area (TPSA) is 49.9 Å². The van der Waals surface area contributed by atoms with Gasteiger partial charge in [0, 0.05) is 6.20 Å². The van der Waals surface area contributed by atoms with Gasteiger partial charge in [-0.2, -0.15) is 10.6 Å². The molecule has 0 aliphatic heterocycles. The number of nitrogens with zero attached hydrogens (tertiary/aromatic N) is 1. The quantitative estimate of drug-likeness (QED) is 0.669. The average molecular weight is 169 g/mol. The molecular formula is C8H15N3O. The third kappa shape index (κ3) is 3.50. The minimum atomic E-state index is -0.153. The Bertz CT molecular complexity index is 213. The molecule has 2 N–H and O–H groups in total. The van der Waals surface area contributed by atoms with Gasteiger partial charge < -0.3 is 0 Å². The van der Waals surface area contributed by atoms with E-state index in [-0.39, 0.29) is 5.60 Å². The van der Waals surface area contributed by atoms with E-state index >= 15 is 0 Å². The first kappa shape index (κ1) is 9.22. The number of aromatic amines is 1. The standard InChI is InChI=1S/C8H15N3O/c1-8(2,3)12-10-6-7-4-5-9-11-7/h4-5,10H,6H2,1-3H3,(H,9,11). The molecule has 0 radical (unpaired) electrons. The van der Waals surface area contributed by atoms with E-state index in [1.54, 1.807) is 6.20 Å². The molecule has 4 nitrogen and oxygen atoms in total. The van der Waals surface area contributed by atoms with Crippen molar-refractivity contribution in [3.05, 3.63) is 18.0 Å².